The second-order valence-electron chi connectivity index (χ2n) is 7.84. The molecule has 0 bridgehead atoms. The number of aldehydes is 2. The maximum absolute atomic E-state index is 10.9. The Morgan fingerprint density at radius 2 is 0.765 bits per heavy atom. The summed E-state index contributed by atoms with van der Waals surface area (Å²) in [6.07, 6.45) is 1.69. The van der Waals surface area contributed by atoms with Gasteiger partial charge in [-0.05, 0) is 48.5 Å². The van der Waals surface area contributed by atoms with E-state index in [2.05, 4.69) is 9.80 Å². The average molecular weight is 471 g/mol. The summed E-state index contributed by atoms with van der Waals surface area (Å²) in [6.45, 7) is 7.20. The molecule has 2 aromatic carbocycles. The molecule has 0 aromatic heterocycles. The molecule has 0 saturated carbocycles. The van der Waals surface area contributed by atoms with E-state index in [0.717, 1.165) is 23.9 Å². The smallest absolute Gasteiger partial charge is 0.150 e. The minimum Gasteiger partial charge on any atom is -0.377 e. The molecular weight excluding hydrogens is 436 g/mol. The van der Waals surface area contributed by atoms with Gasteiger partial charge in [0.2, 0.25) is 0 Å². The van der Waals surface area contributed by atoms with Gasteiger partial charge in [-0.15, -0.1) is 0 Å². The van der Waals surface area contributed by atoms with Gasteiger partial charge in [0.05, 0.1) is 52.9 Å². The summed E-state index contributed by atoms with van der Waals surface area (Å²) in [5, 5.41) is 0. The van der Waals surface area contributed by atoms with Gasteiger partial charge >= 0.3 is 0 Å². The molecular formula is C26H34N2O6. The minimum atomic E-state index is 0.519. The topological polar surface area (TPSA) is 77.5 Å². The van der Waals surface area contributed by atoms with Crippen molar-refractivity contribution in [1.82, 2.24) is 0 Å². The first-order chi connectivity index (χ1) is 16.8. The lowest BCUT2D eigenvalue weighted by Crippen LogP contribution is -2.33. The molecule has 0 radical (unpaired) electrons. The standard InChI is InChI=1S/C26H34N2O6/c29-21-23-1-5-25(6-2-23)27-9-13-31-17-19-33-15-11-28(12-16-34-20-18-32-14-10-27)26-7-3-24(22-30)4-8-26/h1-8,21-22H,9-20H2. The fraction of sp³-hybridized carbons (Fsp3) is 0.462. The van der Waals surface area contributed by atoms with Gasteiger partial charge in [0.25, 0.3) is 0 Å². The number of benzene rings is 2. The summed E-state index contributed by atoms with van der Waals surface area (Å²) in [5.74, 6) is 0. The molecule has 0 aliphatic carbocycles. The van der Waals surface area contributed by atoms with Crippen LogP contribution in [0.2, 0.25) is 0 Å². The normalized spacial score (nSPS) is 18.0. The van der Waals surface area contributed by atoms with Crippen LogP contribution in [0.25, 0.3) is 0 Å². The summed E-state index contributed by atoms with van der Waals surface area (Å²) in [6, 6.07) is 15.0. The van der Waals surface area contributed by atoms with Gasteiger partial charge in [-0.2, -0.15) is 0 Å². The van der Waals surface area contributed by atoms with E-state index >= 15 is 0 Å². The molecule has 1 aliphatic heterocycles. The molecule has 1 fully saturated rings. The summed E-state index contributed by atoms with van der Waals surface area (Å²) < 4.78 is 23.1. The molecule has 1 heterocycles. The Balaban J connectivity index is 1.51. The number of carbonyl (C=O) groups is 2. The SMILES string of the molecule is O=Cc1ccc(N2CCOCCOCCN(c3ccc(C=O)cc3)CCOCCOCC2)cc1. The molecule has 2 aromatic rings. The Hall–Kier alpha value is -2.78. The molecule has 1 aliphatic rings. The molecule has 1 saturated heterocycles. The van der Waals surface area contributed by atoms with Gasteiger partial charge in [-0.25, -0.2) is 0 Å². The van der Waals surface area contributed by atoms with Crippen molar-refractivity contribution in [3.8, 4) is 0 Å². The average Bonchev–Trinajstić information content (AvgIpc) is 2.89. The van der Waals surface area contributed by atoms with E-state index in [1.807, 2.05) is 48.5 Å². The summed E-state index contributed by atoms with van der Waals surface area (Å²) in [4.78, 5) is 26.2. The number of anilines is 2. The third-order valence-corrected chi connectivity index (χ3v) is 5.55. The van der Waals surface area contributed by atoms with Crippen molar-refractivity contribution in [2.45, 2.75) is 0 Å². The Bertz CT molecular complexity index is 752. The lowest BCUT2D eigenvalue weighted by atomic mass is 10.2. The van der Waals surface area contributed by atoms with E-state index in [1.165, 1.54) is 0 Å². The van der Waals surface area contributed by atoms with Crippen molar-refractivity contribution in [2.75, 3.05) is 88.8 Å². The van der Waals surface area contributed by atoms with Gasteiger partial charge < -0.3 is 28.7 Å². The third-order valence-electron chi connectivity index (χ3n) is 5.55. The van der Waals surface area contributed by atoms with Crippen LogP contribution in [-0.2, 0) is 18.9 Å². The van der Waals surface area contributed by atoms with Crippen LogP contribution in [0.1, 0.15) is 20.7 Å². The van der Waals surface area contributed by atoms with Crippen molar-refractivity contribution < 1.29 is 28.5 Å². The van der Waals surface area contributed by atoms with Crippen molar-refractivity contribution in [2.24, 2.45) is 0 Å². The molecule has 8 heteroatoms. The van der Waals surface area contributed by atoms with Gasteiger partial charge in [-0.3, -0.25) is 9.59 Å². The minimum absolute atomic E-state index is 0.519. The van der Waals surface area contributed by atoms with Crippen LogP contribution >= 0.6 is 0 Å². The Morgan fingerprint density at radius 3 is 1.03 bits per heavy atom. The van der Waals surface area contributed by atoms with Crippen LogP contribution in [0.5, 0.6) is 0 Å². The van der Waals surface area contributed by atoms with Gasteiger partial charge in [0.1, 0.15) is 12.6 Å². The summed E-state index contributed by atoms with van der Waals surface area (Å²) in [5.41, 5.74) is 3.37. The van der Waals surface area contributed by atoms with Crippen LogP contribution in [0.4, 0.5) is 11.4 Å². The zero-order valence-electron chi connectivity index (χ0n) is 19.6. The number of rotatable bonds is 4. The second kappa shape index (κ2) is 15.2. The van der Waals surface area contributed by atoms with Crippen LogP contribution in [0, 0.1) is 0 Å². The van der Waals surface area contributed by atoms with E-state index in [0.29, 0.717) is 90.2 Å². The molecule has 8 nitrogen and oxygen atoms in total. The first-order valence-electron chi connectivity index (χ1n) is 11.7. The van der Waals surface area contributed by atoms with Crippen LogP contribution < -0.4 is 9.80 Å². The molecule has 0 spiro atoms. The van der Waals surface area contributed by atoms with E-state index in [-0.39, 0.29) is 0 Å². The largest absolute Gasteiger partial charge is 0.377 e. The van der Waals surface area contributed by atoms with Crippen molar-refractivity contribution in [3.63, 3.8) is 0 Å². The van der Waals surface area contributed by atoms with Crippen LogP contribution in [-0.4, -0.2) is 91.6 Å². The predicted octanol–water partition coefficient (Wildman–Crippen LogP) is 2.70. The number of hydrogen-bond donors (Lipinski definition) is 0. The Kier molecular flexibility index (Phi) is 11.5. The Labute approximate surface area is 201 Å². The Morgan fingerprint density at radius 1 is 0.471 bits per heavy atom. The van der Waals surface area contributed by atoms with Crippen molar-refractivity contribution >= 4 is 23.9 Å². The predicted molar refractivity (Wildman–Crippen MR) is 131 cm³/mol. The molecule has 184 valence electrons. The highest BCUT2D eigenvalue weighted by Crippen LogP contribution is 2.16. The highest BCUT2D eigenvalue weighted by Gasteiger charge is 2.09. The maximum atomic E-state index is 10.9. The number of ether oxygens (including phenoxy) is 4. The third kappa shape index (κ3) is 8.87. The van der Waals surface area contributed by atoms with E-state index in [9.17, 15) is 9.59 Å². The monoisotopic (exact) mass is 470 g/mol. The lowest BCUT2D eigenvalue weighted by Gasteiger charge is -2.26. The number of nitrogens with zero attached hydrogens (tertiary/aromatic N) is 2. The van der Waals surface area contributed by atoms with Crippen molar-refractivity contribution in [3.05, 3.63) is 59.7 Å². The molecule has 34 heavy (non-hydrogen) atoms. The first-order valence-corrected chi connectivity index (χ1v) is 11.7. The van der Waals surface area contributed by atoms with E-state index in [1.54, 1.807) is 0 Å². The quantitative estimate of drug-likeness (QED) is 0.632. The van der Waals surface area contributed by atoms with Gasteiger partial charge in [0.15, 0.2) is 0 Å². The van der Waals surface area contributed by atoms with Crippen LogP contribution in [0.3, 0.4) is 0 Å². The first kappa shape index (κ1) is 25.8. The second-order valence-corrected chi connectivity index (χ2v) is 7.84. The fourth-order valence-electron chi connectivity index (χ4n) is 3.61. The zero-order valence-corrected chi connectivity index (χ0v) is 19.6. The summed E-state index contributed by atoms with van der Waals surface area (Å²) in [7, 11) is 0. The molecule has 0 amide bonds. The van der Waals surface area contributed by atoms with Gasteiger partial charge in [0, 0.05) is 48.7 Å². The van der Waals surface area contributed by atoms with Crippen LogP contribution in [0.15, 0.2) is 48.5 Å². The molecule has 3 rings (SSSR count). The lowest BCUT2D eigenvalue weighted by molar-refractivity contribution is 0.0436. The molecule has 0 unspecified atom stereocenters. The number of hydrogen-bond acceptors (Lipinski definition) is 8. The highest BCUT2D eigenvalue weighted by molar-refractivity contribution is 5.76. The van der Waals surface area contributed by atoms with Gasteiger partial charge in [-0.1, -0.05) is 0 Å². The van der Waals surface area contributed by atoms with E-state index < -0.39 is 0 Å². The number of carbonyl (C=O) groups excluding carboxylic acids is 2. The molecule has 0 N–H and O–H groups in total. The maximum Gasteiger partial charge on any atom is 0.150 e. The zero-order chi connectivity index (χ0) is 23.8. The van der Waals surface area contributed by atoms with Crippen molar-refractivity contribution in [1.29, 1.82) is 0 Å². The van der Waals surface area contributed by atoms with E-state index in [4.69, 9.17) is 18.9 Å². The molecule has 0 atom stereocenters. The highest BCUT2D eigenvalue weighted by atomic mass is 16.5. The summed E-state index contributed by atoms with van der Waals surface area (Å²) >= 11 is 0. The fourth-order valence-corrected chi connectivity index (χ4v) is 3.61.